The minimum atomic E-state index is -6.78. The molecular formula is C84H105F5O18S2. The summed E-state index contributed by atoms with van der Waals surface area (Å²) >= 11 is 0. The molecule has 0 spiro atoms. The summed E-state index contributed by atoms with van der Waals surface area (Å²) in [5.74, 6) is 2.57. The van der Waals surface area contributed by atoms with Crippen LogP contribution in [-0.4, -0.2) is 107 Å². The zero-order chi connectivity index (χ0) is 79.7. The summed E-state index contributed by atoms with van der Waals surface area (Å²) in [4.78, 5) is 87.6. The number of fused-ring (bicyclic) bond motifs is 12. The second-order valence-corrected chi connectivity index (χ2v) is 38.2. The molecule has 16 rings (SSSR count). The quantitative estimate of drug-likeness (QED) is 0.0125. The first kappa shape index (κ1) is 82.9. The predicted octanol–water partition coefficient (Wildman–Crippen LogP) is 17.6. The Hall–Kier alpha value is -7.09. The van der Waals surface area contributed by atoms with Crippen LogP contribution in [0, 0.1) is 80.3 Å². The molecule has 25 heteroatoms. The average Bonchev–Trinajstić information content (AvgIpc) is 1.65. The SMILES string of the molecule is CCC(C)(C)C(=O)OC1(CC)CC2CC1C1C3CCC(C3)C21.CCC(C)(C)C(=O)OC12CC3CC(C1)CC(C(=O)OC(C(F)(F)F)C(F)(F)S(=O)(=O)[O-])(C3)C2.CCC(C)(C)C(=O)OC1C2CC3C(=O)OC1C3O2.CCC(C)(C)C(=O)Oc1ccc(O)cc1.O=c1c2ccccc2[s+](-c2ccccc2)c2ccccc12. The Morgan fingerprint density at radius 2 is 1.12 bits per heavy atom. The minimum absolute atomic E-state index is 0.0408. The third-order valence-electron chi connectivity index (χ3n) is 26.2. The first-order valence-electron chi connectivity index (χ1n) is 38.6. The maximum atomic E-state index is 13.9. The number of phenolic OH excluding ortho intramolecular Hbond substituents is 1. The Labute approximate surface area is 637 Å². The number of phenols is 1. The van der Waals surface area contributed by atoms with E-state index in [2.05, 4.69) is 55.0 Å². The van der Waals surface area contributed by atoms with Crippen LogP contribution >= 0.6 is 10.5 Å². The predicted molar refractivity (Wildman–Crippen MR) is 398 cm³/mol. The van der Waals surface area contributed by atoms with Gasteiger partial charge in [0, 0.05) is 22.8 Å². The molecule has 18 nitrogen and oxygen atoms in total. The second kappa shape index (κ2) is 30.8. The fourth-order valence-electron chi connectivity index (χ4n) is 18.9. The van der Waals surface area contributed by atoms with E-state index in [-0.39, 0.29) is 106 Å². The normalized spacial score (nSPS) is 30.3. The van der Waals surface area contributed by atoms with Crippen LogP contribution in [0.5, 0.6) is 11.5 Å². The highest BCUT2D eigenvalue weighted by Crippen LogP contribution is 2.71. The third kappa shape index (κ3) is 16.2. The number of carbonyl (C=O) groups is 6. The van der Waals surface area contributed by atoms with Gasteiger partial charge in [0.05, 0.1) is 49.9 Å². The number of carbonyl (C=O) groups excluding carboxylic acids is 6. The van der Waals surface area contributed by atoms with Crippen LogP contribution in [0.3, 0.4) is 0 Å². The standard InChI is InChI=1S/C20H27F5O7S.C20H32O2.C19H13OS.C13H18O5.C12H16O3/c1-4-16(2,3)14(26)32-18-8-11-5-12(9-18)7-17(6-11,10-18)15(27)31-13(19(21,22)23)20(24,25)33(28,29)30;1-5-19(3,4)18(21)22-20(6-2)11-14-10-15(20)17-13-8-7-12(9-13)16(14)17;20-19-15-10-4-6-12-17(15)21(14-8-2-1-3-9-14)18-13-7-5-11-16(18)19;1-4-13(2,3)12(15)18-9-7-5-6-8(16-7)10(9)17-11(6)14;1-4-12(2,3)11(14)15-10-7-5-9(13)6-8-10/h11-13H,4-10H2,1-3H3,(H,28,29,30);12-17H,5-11H2,1-4H3;1-13H;6-10H,4-5H2,1-3H3;5-8,13H,4H2,1-3H3/q;;+1;;/p-1. The lowest BCUT2D eigenvalue weighted by atomic mass is 9.48. The summed E-state index contributed by atoms with van der Waals surface area (Å²) in [7, 11) is -6.98. The maximum Gasteiger partial charge on any atom is 0.432 e. The van der Waals surface area contributed by atoms with Gasteiger partial charge >= 0.3 is 47.2 Å². The second-order valence-electron chi connectivity index (χ2n) is 34.8. The molecule has 109 heavy (non-hydrogen) atoms. The number of esters is 6. The lowest BCUT2D eigenvalue weighted by molar-refractivity contribution is -0.270. The molecule has 0 amide bonds. The summed E-state index contributed by atoms with van der Waals surface area (Å²) in [6.45, 7) is 24.8. The van der Waals surface area contributed by atoms with Crippen molar-refractivity contribution in [1.29, 1.82) is 0 Å². The molecule has 1 aromatic heterocycles. The zero-order valence-corrected chi connectivity index (χ0v) is 66.1. The van der Waals surface area contributed by atoms with Crippen molar-refractivity contribution in [3.8, 4) is 16.4 Å². The van der Waals surface area contributed by atoms with E-state index in [4.69, 9.17) is 33.5 Å². The van der Waals surface area contributed by atoms with Crippen molar-refractivity contribution >= 4 is 76.6 Å². The molecule has 11 fully saturated rings. The van der Waals surface area contributed by atoms with E-state index in [1.807, 2.05) is 97.9 Å². The minimum Gasteiger partial charge on any atom is -0.743 e. The monoisotopic (exact) mass is 1560 g/mol. The van der Waals surface area contributed by atoms with Crippen LogP contribution in [0.1, 0.15) is 199 Å². The summed E-state index contributed by atoms with van der Waals surface area (Å²) in [5, 5.41) is 4.83. The van der Waals surface area contributed by atoms with Gasteiger partial charge in [0.2, 0.25) is 5.43 Å². The van der Waals surface area contributed by atoms with Gasteiger partial charge < -0.3 is 42.8 Å². The molecule has 4 heterocycles. The van der Waals surface area contributed by atoms with E-state index in [0.29, 0.717) is 50.2 Å². The summed E-state index contributed by atoms with van der Waals surface area (Å²) in [6, 6.07) is 32.5. The third-order valence-corrected chi connectivity index (χ3v) is 29.4. The number of ether oxygens (including phenoxy) is 7. The number of benzene rings is 4. The largest absolute Gasteiger partial charge is 0.743 e. The highest BCUT2D eigenvalue weighted by Gasteiger charge is 2.70. The number of alkyl halides is 5. The van der Waals surface area contributed by atoms with E-state index in [1.165, 1.54) is 42.7 Å². The van der Waals surface area contributed by atoms with E-state index < -0.39 is 79.1 Å². The van der Waals surface area contributed by atoms with E-state index in [9.17, 15) is 68.5 Å². The Morgan fingerprint density at radius 1 is 0.606 bits per heavy atom. The van der Waals surface area contributed by atoms with Crippen LogP contribution in [0.15, 0.2) is 108 Å². The Bertz CT molecular complexity index is 4330. The van der Waals surface area contributed by atoms with Gasteiger partial charge in [0.15, 0.2) is 36.6 Å². The highest BCUT2D eigenvalue weighted by atomic mass is 32.2. The molecule has 5 aromatic rings. The molecule has 8 saturated carbocycles. The first-order chi connectivity index (χ1) is 50.9. The van der Waals surface area contributed by atoms with Gasteiger partial charge in [-0.3, -0.25) is 33.6 Å². The fraction of sp³-hybridized carbons (Fsp3) is 0.631. The molecule has 15 atom stereocenters. The van der Waals surface area contributed by atoms with Crippen LogP contribution in [0.25, 0.3) is 25.1 Å². The number of hydrogen-bond donors (Lipinski definition) is 1. The van der Waals surface area contributed by atoms with Gasteiger partial charge in [0.25, 0.3) is 6.10 Å². The molecule has 8 aliphatic carbocycles. The molecular weight excluding hydrogens is 1460 g/mol. The van der Waals surface area contributed by atoms with Crippen molar-refractivity contribution in [1.82, 2.24) is 0 Å². The maximum absolute atomic E-state index is 13.9. The molecule has 15 unspecified atom stereocenters. The smallest absolute Gasteiger partial charge is 0.432 e. The van der Waals surface area contributed by atoms with Crippen molar-refractivity contribution in [3.63, 3.8) is 0 Å². The van der Waals surface area contributed by atoms with Crippen molar-refractivity contribution in [2.45, 2.75) is 252 Å². The molecule has 1 N–H and O–H groups in total. The molecule has 4 aromatic carbocycles. The molecule has 3 saturated heterocycles. The van der Waals surface area contributed by atoms with Gasteiger partial charge in [0.1, 0.15) is 28.8 Å². The van der Waals surface area contributed by atoms with Gasteiger partial charge in [-0.2, -0.15) is 22.0 Å². The molecule has 3 aliphatic heterocycles. The summed E-state index contributed by atoms with van der Waals surface area (Å²) in [5.41, 5.74) is -4.94. The van der Waals surface area contributed by atoms with E-state index in [1.54, 1.807) is 32.9 Å². The van der Waals surface area contributed by atoms with Crippen LogP contribution < -0.4 is 10.2 Å². The lowest BCUT2D eigenvalue weighted by Crippen LogP contribution is -2.62. The molecule has 10 bridgehead atoms. The van der Waals surface area contributed by atoms with Gasteiger partial charge in [-0.25, -0.2) is 8.42 Å². The van der Waals surface area contributed by atoms with Crippen LogP contribution in [0.2, 0.25) is 0 Å². The van der Waals surface area contributed by atoms with Gasteiger partial charge in [-0.05, 0) is 260 Å². The van der Waals surface area contributed by atoms with E-state index in [0.717, 1.165) is 75.4 Å². The lowest BCUT2D eigenvalue weighted by Gasteiger charge is -2.60. The van der Waals surface area contributed by atoms with Crippen LogP contribution in [-0.2, 0) is 67.3 Å². The number of rotatable bonds is 18. The Kier molecular flexibility index (Phi) is 23.4. The number of hydrogen-bond acceptors (Lipinski definition) is 18. The van der Waals surface area contributed by atoms with E-state index >= 15 is 0 Å². The van der Waals surface area contributed by atoms with Gasteiger partial charge in [-0.15, -0.1) is 0 Å². The molecule has 596 valence electrons. The molecule has 11 aliphatic rings. The highest BCUT2D eigenvalue weighted by molar-refractivity contribution is 7.86. The van der Waals surface area contributed by atoms with Crippen molar-refractivity contribution in [2.24, 2.45) is 80.3 Å². The zero-order valence-electron chi connectivity index (χ0n) is 64.5. The first-order valence-corrected chi connectivity index (χ1v) is 41.3. The van der Waals surface area contributed by atoms with Crippen LogP contribution in [0.4, 0.5) is 22.0 Å². The average molecular weight is 1560 g/mol. The summed E-state index contributed by atoms with van der Waals surface area (Å²) < 4.78 is 140. The number of aromatic hydroxyl groups is 1. The Balaban J connectivity index is 0.000000139. The van der Waals surface area contributed by atoms with Crippen molar-refractivity contribution in [3.05, 3.63) is 113 Å². The summed E-state index contributed by atoms with van der Waals surface area (Å²) in [6.07, 6.45) is 0.938. The topological polar surface area (TPSA) is 262 Å². The number of halogens is 5. The van der Waals surface area contributed by atoms with Crippen molar-refractivity contribution in [2.75, 3.05) is 0 Å². The molecule has 0 radical (unpaired) electrons. The Morgan fingerprint density at radius 3 is 1.65 bits per heavy atom. The fourth-order valence-corrected chi connectivity index (χ4v) is 21.7. The van der Waals surface area contributed by atoms with Gasteiger partial charge in [-0.1, -0.05) is 77.1 Å². The van der Waals surface area contributed by atoms with Crippen molar-refractivity contribution < 1.29 is 102 Å².